The summed E-state index contributed by atoms with van der Waals surface area (Å²) in [7, 11) is 0. The molecule has 0 aliphatic carbocycles. The minimum absolute atomic E-state index is 0.342. The summed E-state index contributed by atoms with van der Waals surface area (Å²) in [6.07, 6.45) is -0.422. The molecule has 1 aromatic carbocycles. The number of aliphatic hydroxyl groups excluding tert-OH is 1. The number of rotatable bonds is 6. The lowest BCUT2D eigenvalue weighted by atomic mass is 10.1. The minimum Gasteiger partial charge on any atom is -0.491 e. The molecule has 4 nitrogen and oxygen atoms in total. The van der Waals surface area contributed by atoms with Gasteiger partial charge in [-0.2, -0.15) is 0 Å². The lowest BCUT2D eigenvalue weighted by molar-refractivity contribution is -1.01. The van der Waals surface area contributed by atoms with Gasteiger partial charge in [-0.25, -0.2) is 0 Å². The molecular weight excluding hydrogens is 300 g/mol. The first-order chi connectivity index (χ1) is 10.5. The average molecular weight is 329 g/mol. The summed E-state index contributed by atoms with van der Waals surface area (Å²) in [6, 6.07) is 3.86. The molecule has 2 rings (SSSR count). The van der Waals surface area contributed by atoms with Crippen LogP contribution in [0.1, 0.15) is 18.1 Å². The van der Waals surface area contributed by atoms with Gasteiger partial charge in [0.05, 0.1) is 6.54 Å². The molecule has 0 saturated carbocycles. The smallest absolute Gasteiger partial charge is 0.137 e. The van der Waals surface area contributed by atoms with Crippen molar-refractivity contribution in [1.82, 2.24) is 0 Å². The van der Waals surface area contributed by atoms with E-state index in [9.17, 15) is 5.11 Å². The van der Waals surface area contributed by atoms with E-state index in [-0.39, 0.29) is 0 Å². The molecule has 1 aliphatic heterocycles. The number of ether oxygens (including phenoxy) is 1. The fourth-order valence-corrected chi connectivity index (χ4v) is 3.20. The standard InChI is InChI=1S/C17H27ClN2O2/c1-4-19-5-7-20(8-6-19)11-15(21)12-22-16-9-13(2)17(18)14(3)10-16/h9-10,15,21H,4-8,11-12H2,1-3H3/p+2/t15-/m0/s1. The van der Waals surface area contributed by atoms with Gasteiger partial charge in [0.2, 0.25) is 0 Å². The Morgan fingerprint density at radius 2 is 1.68 bits per heavy atom. The van der Waals surface area contributed by atoms with Crippen molar-refractivity contribution in [2.45, 2.75) is 26.9 Å². The van der Waals surface area contributed by atoms with Crippen LogP contribution >= 0.6 is 11.6 Å². The molecule has 0 radical (unpaired) electrons. The highest BCUT2D eigenvalue weighted by Gasteiger charge is 2.24. The summed E-state index contributed by atoms with van der Waals surface area (Å²) in [5.74, 6) is 0.786. The number of hydrogen-bond donors (Lipinski definition) is 3. The highest BCUT2D eigenvalue weighted by atomic mass is 35.5. The number of benzene rings is 1. The second-order valence-corrected chi connectivity index (χ2v) is 6.77. The molecule has 1 aromatic rings. The topological polar surface area (TPSA) is 38.3 Å². The third-order valence-corrected chi connectivity index (χ3v) is 5.14. The van der Waals surface area contributed by atoms with E-state index in [0.717, 1.165) is 41.5 Å². The Morgan fingerprint density at radius 1 is 1.14 bits per heavy atom. The molecule has 0 aromatic heterocycles. The van der Waals surface area contributed by atoms with Crippen molar-refractivity contribution in [3.05, 3.63) is 28.3 Å². The number of hydrogen-bond acceptors (Lipinski definition) is 2. The minimum atomic E-state index is -0.422. The van der Waals surface area contributed by atoms with Crippen LogP contribution in [0.2, 0.25) is 5.02 Å². The maximum Gasteiger partial charge on any atom is 0.137 e. The number of halogens is 1. The van der Waals surface area contributed by atoms with Gasteiger partial charge >= 0.3 is 0 Å². The summed E-state index contributed by atoms with van der Waals surface area (Å²) in [4.78, 5) is 3.15. The van der Waals surface area contributed by atoms with E-state index in [1.165, 1.54) is 24.5 Å². The average Bonchev–Trinajstić information content (AvgIpc) is 2.51. The summed E-state index contributed by atoms with van der Waals surface area (Å²) in [5.41, 5.74) is 2.02. The van der Waals surface area contributed by atoms with Crippen molar-refractivity contribution in [3.63, 3.8) is 0 Å². The van der Waals surface area contributed by atoms with Gasteiger partial charge in [-0.1, -0.05) is 11.6 Å². The van der Waals surface area contributed by atoms with Gasteiger partial charge < -0.3 is 19.6 Å². The molecular formula is C17H29ClN2O2+2. The van der Waals surface area contributed by atoms with Crippen molar-refractivity contribution < 1.29 is 19.6 Å². The van der Waals surface area contributed by atoms with Gasteiger partial charge in [0.1, 0.15) is 51.2 Å². The molecule has 1 atom stereocenters. The maximum absolute atomic E-state index is 10.2. The van der Waals surface area contributed by atoms with Gasteiger partial charge in [-0.15, -0.1) is 0 Å². The predicted molar refractivity (Wildman–Crippen MR) is 89.2 cm³/mol. The number of aliphatic hydroxyl groups is 1. The quantitative estimate of drug-likeness (QED) is 0.659. The highest BCUT2D eigenvalue weighted by molar-refractivity contribution is 6.32. The fraction of sp³-hybridized carbons (Fsp3) is 0.647. The number of nitrogens with one attached hydrogen (secondary N) is 2. The van der Waals surface area contributed by atoms with Crippen molar-refractivity contribution in [3.8, 4) is 5.75 Å². The van der Waals surface area contributed by atoms with E-state index in [1.54, 1.807) is 4.90 Å². The highest BCUT2D eigenvalue weighted by Crippen LogP contribution is 2.25. The summed E-state index contributed by atoms with van der Waals surface area (Å²) in [6.45, 7) is 13.2. The molecule has 0 spiro atoms. The van der Waals surface area contributed by atoms with E-state index in [4.69, 9.17) is 16.3 Å². The van der Waals surface area contributed by atoms with E-state index >= 15 is 0 Å². The largest absolute Gasteiger partial charge is 0.491 e. The van der Waals surface area contributed by atoms with Gasteiger partial charge in [0.15, 0.2) is 0 Å². The zero-order valence-corrected chi connectivity index (χ0v) is 14.7. The molecule has 124 valence electrons. The van der Waals surface area contributed by atoms with Crippen LogP contribution in [0, 0.1) is 13.8 Å². The van der Waals surface area contributed by atoms with Crippen molar-refractivity contribution in [1.29, 1.82) is 0 Å². The Balaban J connectivity index is 1.77. The molecule has 0 unspecified atom stereocenters. The van der Waals surface area contributed by atoms with Crippen molar-refractivity contribution in [2.24, 2.45) is 0 Å². The Bertz CT molecular complexity index is 465. The van der Waals surface area contributed by atoms with Crippen LogP contribution in [-0.2, 0) is 0 Å². The molecule has 1 saturated heterocycles. The Hall–Kier alpha value is -0.810. The van der Waals surface area contributed by atoms with Crippen LogP contribution in [-0.4, -0.2) is 57.1 Å². The van der Waals surface area contributed by atoms with Crippen molar-refractivity contribution >= 4 is 11.6 Å². The van der Waals surface area contributed by atoms with Crippen LogP contribution in [0.5, 0.6) is 5.75 Å². The third kappa shape index (κ3) is 4.85. The maximum atomic E-state index is 10.2. The molecule has 3 N–H and O–H groups in total. The van der Waals surface area contributed by atoms with Crippen LogP contribution in [0.25, 0.3) is 0 Å². The first kappa shape index (κ1) is 17.5. The fourth-order valence-electron chi connectivity index (χ4n) is 3.09. The number of aryl methyl sites for hydroxylation is 2. The Labute approximate surface area is 138 Å². The zero-order chi connectivity index (χ0) is 16.1. The lowest BCUT2D eigenvalue weighted by Crippen LogP contribution is -3.28. The molecule has 22 heavy (non-hydrogen) atoms. The van der Waals surface area contributed by atoms with Gasteiger partial charge in [0, 0.05) is 5.02 Å². The molecule has 1 heterocycles. The van der Waals surface area contributed by atoms with Gasteiger partial charge in [-0.3, -0.25) is 0 Å². The zero-order valence-electron chi connectivity index (χ0n) is 13.9. The van der Waals surface area contributed by atoms with Crippen LogP contribution in [0.3, 0.4) is 0 Å². The van der Waals surface area contributed by atoms with E-state index < -0.39 is 6.10 Å². The van der Waals surface area contributed by atoms with Crippen LogP contribution < -0.4 is 14.5 Å². The number of piperazine rings is 1. The summed E-state index contributed by atoms with van der Waals surface area (Å²) < 4.78 is 5.74. The number of quaternary nitrogens is 2. The van der Waals surface area contributed by atoms with E-state index in [1.807, 2.05) is 26.0 Å². The van der Waals surface area contributed by atoms with Gasteiger partial charge in [0.25, 0.3) is 0 Å². The molecule has 0 bridgehead atoms. The lowest BCUT2D eigenvalue weighted by Gasteiger charge is -2.30. The predicted octanol–water partition coefficient (Wildman–Crippen LogP) is -0.500. The normalized spacial score (nSPS) is 23.3. The van der Waals surface area contributed by atoms with Crippen LogP contribution in [0.15, 0.2) is 12.1 Å². The van der Waals surface area contributed by atoms with E-state index in [2.05, 4.69) is 6.92 Å². The summed E-state index contributed by atoms with van der Waals surface area (Å²) in [5, 5.41) is 11.0. The van der Waals surface area contributed by atoms with Crippen LogP contribution in [0.4, 0.5) is 0 Å². The third-order valence-electron chi connectivity index (χ3n) is 4.54. The Kier molecular flexibility index (Phi) is 6.50. The molecule has 1 aliphatic rings. The molecule has 1 fully saturated rings. The second kappa shape index (κ2) is 8.16. The van der Waals surface area contributed by atoms with E-state index in [0.29, 0.717) is 6.61 Å². The first-order valence-corrected chi connectivity index (χ1v) is 8.62. The monoisotopic (exact) mass is 328 g/mol. The SMILES string of the molecule is CC[NH+]1CC[NH+](C[C@H](O)COc2cc(C)c(Cl)c(C)c2)CC1. The van der Waals surface area contributed by atoms with Gasteiger partial charge in [-0.05, 0) is 44.0 Å². The summed E-state index contributed by atoms with van der Waals surface area (Å²) >= 11 is 6.15. The first-order valence-electron chi connectivity index (χ1n) is 8.24. The Morgan fingerprint density at radius 3 is 2.23 bits per heavy atom. The molecule has 5 heteroatoms. The number of likely N-dealkylation sites (N-methyl/N-ethyl adjacent to an activating group) is 1. The second-order valence-electron chi connectivity index (χ2n) is 6.39. The molecule has 0 amide bonds. The van der Waals surface area contributed by atoms with Crippen molar-refractivity contribution in [2.75, 3.05) is 45.9 Å².